The normalized spacial score (nSPS) is 10.1. The maximum Gasteiger partial charge on any atom is 0.274 e. The minimum absolute atomic E-state index is 0.216. The average Bonchev–Trinajstić information content (AvgIpc) is 2.64. The number of para-hydroxylation sites is 1. The Morgan fingerprint density at radius 2 is 1.85 bits per heavy atom. The lowest BCUT2D eigenvalue weighted by Gasteiger charge is -2.11. The molecule has 6 nitrogen and oxygen atoms in total. The van der Waals surface area contributed by atoms with Gasteiger partial charge >= 0.3 is 0 Å². The largest absolute Gasteiger partial charge is 0.339 e. The zero-order valence-corrected chi connectivity index (χ0v) is 15.5. The van der Waals surface area contributed by atoms with E-state index in [1.54, 1.807) is 49.4 Å². The van der Waals surface area contributed by atoms with E-state index in [0.717, 1.165) is 5.56 Å². The number of amides is 1. The van der Waals surface area contributed by atoms with E-state index >= 15 is 0 Å². The number of aromatic nitrogens is 2. The van der Waals surface area contributed by atoms with Crippen LogP contribution in [-0.2, 0) is 0 Å². The number of carbonyl (C=O) groups excluding carboxylic acids is 1. The van der Waals surface area contributed by atoms with Crippen LogP contribution in [0.4, 0.5) is 17.2 Å². The maximum atomic E-state index is 12.6. The highest BCUT2D eigenvalue weighted by atomic mass is 35.5. The predicted octanol–water partition coefficient (Wildman–Crippen LogP) is 4.61. The molecule has 1 amide bonds. The number of rotatable bonds is 4. The van der Waals surface area contributed by atoms with E-state index in [9.17, 15) is 10.1 Å². The van der Waals surface area contributed by atoms with E-state index in [4.69, 9.17) is 11.6 Å². The van der Waals surface area contributed by atoms with Gasteiger partial charge in [0.25, 0.3) is 5.91 Å². The molecule has 0 bridgehead atoms. The van der Waals surface area contributed by atoms with Crippen LogP contribution >= 0.6 is 11.6 Å². The highest BCUT2D eigenvalue weighted by Gasteiger charge is 2.13. The molecule has 0 aliphatic heterocycles. The number of benzene rings is 2. The summed E-state index contributed by atoms with van der Waals surface area (Å²) >= 11 is 5.95. The van der Waals surface area contributed by atoms with Crippen LogP contribution in [0.25, 0.3) is 0 Å². The Labute approximate surface area is 161 Å². The lowest BCUT2D eigenvalue weighted by Crippen LogP contribution is -2.16. The molecule has 0 unspecified atom stereocenters. The molecule has 0 fully saturated rings. The van der Waals surface area contributed by atoms with Crippen LogP contribution in [0, 0.1) is 25.2 Å². The molecule has 27 heavy (non-hydrogen) atoms. The van der Waals surface area contributed by atoms with E-state index in [-0.39, 0.29) is 11.6 Å². The van der Waals surface area contributed by atoms with Crippen molar-refractivity contribution in [2.45, 2.75) is 13.8 Å². The summed E-state index contributed by atoms with van der Waals surface area (Å²) in [5, 5.41) is 15.7. The second kappa shape index (κ2) is 7.85. The molecule has 1 heterocycles. The predicted molar refractivity (Wildman–Crippen MR) is 105 cm³/mol. The monoisotopic (exact) mass is 377 g/mol. The fourth-order valence-electron chi connectivity index (χ4n) is 2.53. The molecule has 0 radical (unpaired) electrons. The number of anilines is 3. The van der Waals surface area contributed by atoms with Crippen molar-refractivity contribution in [3.63, 3.8) is 0 Å². The van der Waals surface area contributed by atoms with Gasteiger partial charge in [-0.3, -0.25) is 4.79 Å². The Morgan fingerprint density at radius 3 is 2.59 bits per heavy atom. The lowest BCUT2D eigenvalue weighted by molar-refractivity contribution is 0.102. The first-order valence-electron chi connectivity index (χ1n) is 8.15. The van der Waals surface area contributed by atoms with Crippen LogP contribution in [0.15, 0.2) is 48.5 Å². The number of carbonyl (C=O) groups is 1. The number of nitrogens with zero attached hydrogens (tertiary/aromatic N) is 3. The summed E-state index contributed by atoms with van der Waals surface area (Å²) < 4.78 is 0. The van der Waals surface area contributed by atoms with E-state index in [1.807, 2.05) is 13.0 Å². The summed E-state index contributed by atoms with van der Waals surface area (Å²) in [4.78, 5) is 21.1. The summed E-state index contributed by atoms with van der Waals surface area (Å²) in [6.45, 7) is 3.56. The highest BCUT2D eigenvalue weighted by molar-refractivity contribution is 6.30. The second-order valence-electron chi connectivity index (χ2n) is 5.88. The van der Waals surface area contributed by atoms with E-state index in [1.165, 1.54) is 0 Å². The fourth-order valence-corrected chi connectivity index (χ4v) is 2.76. The molecule has 7 heteroatoms. The van der Waals surface area contributed by atoms with Gasteiger partial charge in [0.15, 0.2) is 0 Å². The van der Waals surface area contributed by atoms with Gasteiger partial charge in [-0.25, -0.2) is 9.97 Å². The molecule has 134 valence electrons. The molecule has 0 atom stereocenters. The zero-order chi connectivity index (χ0) is 19.4. The van der Waals surface area contributed by atoms with Gasteiger partial charge in [0.2, 0.25) is 0 Å². The first kappa shape index (κ1) is 18.4. The summed E-state index contributed by atoms with van der Waals surface area (Å²) in [5.41, 5.74) is 2.82. The standard InChI is InChI=1S/C20H16ClN5O/c1-12-9-15(21)7-8-16(12)26-20(27)18-10-19(24-13(2)23-18)25-17-6-4-3-5-14(17)11-22/h3-10H,1-2H3,(H,26,27)(H,23,24,25). The Morgan fingerprint density at radius 1 is 1.07 bits per heavy atom. The molecule has 1 aromatic heterocycles. The quantitative estimate of drug-likeness (QED) is 0.692. The average molecular weight is 378 g/mol. The molecule has 0 saturated carbocycles. The Balaban J connectivity index is 1.86. The third-order valence-corrected chi connectivity index (χ3v) is 4.05. The van der Waals surface area contributed by atoms with E-state index < -0.39 is 0 Å². The molecule has 3 aromatic rings. The highest BCUT2D eigenvalue weighted by Crippen LogP contribution is 2.22. The minimum Gasteiger partial charge on any atom is -0.339 e. The third-order valence-electron chi connectivity index (χ3n) is 3.82. The summed E-state index contributed by atoms with van der Waals surface area (Å²) in [7, 11) is 0. The van der Waals surface area contributed by atoms with Gasteiger partial charge < -0.3 is 10.6 Å². The van der Waals surface area contributed by atoms with Crippen molar-refractivity contribution in [1.29, 1.82) is 5.26 Å². The Bertz CT molecular complexity index is 1060. The van der Waals surface area contributed by atoms with Crippen molar-refractivity contribution in [3.05, 3.63) is 76.2 Å². The Hall–Kier alpha value is -3.43. The molecular formula is C20H16ClN5O. The molecule has 2 aromatic carbocycles. The van der Waals surface area contributed by atoms with Gasteiger partial charge in [-0.15, -0.1) is 0 Å². The number of aryl methyl sites for hydroxylation is 2. The van der Waals surface area contributed by atoms with Gasteiger partial charge in [-0.1, -0.05) is 23.7 Å². The number of hydrogen-bond donors (Lipinski definition) is 2. The molecule has 0 spiro atoms. The van der Waals surface area contributed by atoms with Crippen molar-refractivity contribution in [3.8, 4) is 6.07 Å². The summed E-state index contributed by atoms with van der Waals surface area (Å²) in [5.74, 6) is 0.512. The van der Waals surface area contributed by atoms with Gasteiger partial charge in [0, 0.05) is 16.8 Å². The molecule has 2 N–H and O–H groups in total. The SMILES string of the molecule is Cc1nc(Nc2ccccc2C#N)cc(C(=O)Nc2ccc(Cl)cc2C)n1. The van der Waals surface area contributed by atoms with Crippen LogP contribution < -0.4 is 10.6 Å². The topological polar surface area (TPSA) is 90.7 Å². The van der Waals surface area contributed by atoms with Crippen molar-refractivity contribution >= 4 is 34.7 Å². The van der Waals surface area contributed by atoms with Crippen molar-refractivity contribution < 1.29 is 4.79 Å². The maximum absolute atomic E-state index is 12.6. The van der Waals surface area contributed by atoms with Crippen molar-refractivity contribution in [1.82, 2.24) is 9.97 Å². The molecule has 0 aliphatic carbocycles. The van der Waals surface area contributed by atoms with Crippen LogP contribution in [0.1, 0.15) is 27.4 Å². The third kappa shape index (κ3) is 4.40. The number of nitriles is 1. The van der Waals surface area contributed by atoms with Gasteiger partial charge in [-0.05, 0) is 49.7 Å². The number of hydrogen-bond acceptors (Lipinski definition) is 5. The fraction of sp³-hybridized carbons (Fsp3) is 0.100. The first-order chi connectivity index (χ1) is 13.0. The smallest absolute Gasteiger partial charge is 0.274 e. The molecular weight excluding hydrogens is 362 g/mol. The van der Waals surface area contributed by atoms with Crippen molar-refractivity contribution in [2.24, 2.45) is 0 Å². The van der Waals surface area contributed by atoms with E-state index in [2.05, 4.69) is 26.7 Å². The van der Waals surface area contributed by atoms with Gasteiger partial charge in [0.05, 0.1) is 11.3 Å². The number of nitrogens with one attached hydrogen (secondary N) is 2. The summed E-state index contributed by atoms with van der Waals surface area (Å²) in [6.07, 6.45) is 0. The lowest BCUT2D eigenvalue weighted by atomic mass is 10.2. The van der Waals surface area contributed by atoms with Crippen molar-refractivity contribution in [2.75, 3.05) is 10.6 Å². The summed E-state index contributed by atoms with van der Waals surface area (Å²) in [6, 6.07) is 15.9. The Kier molecular flexibility index (Phi) is 5.34. The minimum atomic E-state index is -0.359. The van der Waals surface area contributed by atoms with E-state index in [0.29, 0.717) is 33.6 Å². The zero-order valence-electron chi connectivity index (χ0n) is 14.7. The first-order valence-corrected chi connectivity index (χ1v) is 8.53. The van der Waals surface area contributed by atoms with Crippen LogP contribution in [0.3, 0.4) is 0 Å². The molecule has 0 aliphatic rings. The van der Waals surface area contributed by atoms with Gasteiger partial charge in [0.1, 0.15) is 23.4 Å². The molecule has 3 rings (SSSR count). The molecule has 0 saturated heterocycles. The van der Waals surface area contributed by atoms with Gasteiger partial charge in [-0.2, -0.15) is 5.26 Å². The van der Waals surface area contributed by atoms with Crippen LogP contribution in [-0.4, -0.2) is 15.9 Å². The van der Waals surface area contributed by atoms with Crippen LogP contribution in [0.5, 0.6) is 0 Å². The number of halogens is 1. The van der Waals surface area contributed by atoms with Crippen LogP contribution in [0.2, 0.25) is 5.02 Å². The second-order valence-corrected chi connectivity index (χ2v) is 6.32.